The Bertz CT molecular complexity index is 1860. The number of aliphatic hydroxyl groups is 2. The van der Waals surface area contributed by atoms with Gasteiger partial charge in [-0.3, -0.25) is 0 Å². The maximum atomic E-state index is 12.4. The van der Waals surface area contributed by atoms with Crippen LogP contribution in [-0.4, -0.2) is 84.7 Å². The number of aromatic nitrogens is 4. The Morgan fingerprint density at radius 2 is 1.08 bits per heavy atom. The Morgan fingerprint density at radius 3 is 1.48 bits per heavy atom. The van der Waals surface area contributed by atoms with E-state index in [0.717, 1.165) is 12.1 Å². The van der Waals surface area contributed by atoms with E-state index < -0.39 is 42.2 Å². The minimum absolute atomic E-state index is 0.0501. The molecule has 0 saturated carbocycles. The molecule has 0 spiro atoms. The lowest BCUT2D eigenvalue weighted by molar-refractivity contribution is 0.0811. The number of ether oxygens (including phenoxy) is 4. The molecule has 4 aromatic rings. The third kappa shape index (κ3) is 12.6. The molecule has 0 amide bonds. The molecule has 0 bridgehead atoms. The van der Waals surface area contributed by atoms with Crippen LogP contribution in [-0.2, 0) is 36.1 Å². The number of alkyl halides is 4. The maximum absolute atomic E-state index is 12.4. The number of nitriles is 2. The Hall–Kier alpha value is -4.05. The van der Waals surface area contributed by atoms with Crippen molar-refractivity contribution >= 4 is 38.2 Å². The minimum atomic E-state index is -2.64. The van der Waals surface area contributed by atoms with Crippen molar-refractivity contribution in [3.05, 3.63) is 47.0 Å². The first kappa shape index (κ1) is 42.4. The minimum Gasteiger partial charge on any atom is -0.486 e. The van der Waals surface area contributed by atoms with Crippen molar-refractivity contribution in [3.63, 3.8) is 0 Å². The van der Waals surface area contributed by atoms with Gasteiger partial charge in [0.25, 0.3) is 12.9 Å². The van der Waals surface area contributed by atoms with Crippen LogP contribution < -0.4 is 9.47 Å². The fourth-order valence-electron chi connectivity index (χ4n) is 4.72. The third-order valence-electron chi connectivity index (χ3n) is 7.54. The Kier molecular flexibility index (Phi) is 15.6. The summed E-state index contributed by atoms with van der Waals surface area (Å²) in [5.74, 6) is 0.868. The highest BCUT2D eigenvalue weighted by Gasteiger charge is 2.19. The summed E-state index contributed by atoms with van der Waals surface area (Å²) in [7, 11) is -2.44. The van der Waals surface area contributed by atoms with Crippen LogP contribution in [0.15, 0.2) is 24.3 Å². The van der Waals surface area contributed by atoms with Crippen molar-refractivity contribution in [2.75, 3.05) is 26.4 Å². The molecule has 0 aliphatic carbocycles. The Morgan fingerprint density at radius 1 is 0.673 bits per heavy atom. The molecular formula is C34H46F4N6O6Si2. The number of hydrogen-bond acceptors (Lipinski definition) is 10. The molecule has 4 rings (SSSR count). The predicted molar refractivity (Wildman–Crippen MR) is 192 cm³/mol. The second-order valence-corrected chi connectivity index (χ2v) is 25.5. The number of aliphatic hydroxyl groups excluding tert-OH is 2. The van der Waals surface area contributed by atoms with Crippen molar-refractivity contribution in [3.8, 4) is 23.6 Å². The summed E-state index contributed by atoms with van der Waals surface area (Å²) in [5.41, 5.74) is 2.32. The third-order valence-corrected chi connectivity index (χ3v) is 11.0. The van der Waals surface area contributed by atoms with E-state index >= 15 is 0 Å². The second-order valence-electron chi connectivity index (χ2n) is 14.2. The molecule has 0 atom stereocenters. The van der Waals surface area contributed by atoms with Gasteiger partial charge >= 0.3 is 0 Å². The zero-order chi connectivity index (χ0) is 38.6. The Balaban J connectivity index is 0.000000280. The molecule has 0 fully saturated rings. The summed E-state index contributed by atoms with van der Waals surface area (Å²) < 4.78 is 74.5. The average Bonchev–Trinajstić information content (AvgIpc) is 3.60. The molecule has 0 unspecified atom stereocenters. The van der Waals surface area contributed by atoms with Gasteiger partial charge in [0.05, 0.1) is 33.2 Å². The van der Waals surface area contributed by atoms with Crippen LogP contribution >= 0.6 is 0 Å². The lowest BCUT2D eigenvalue weighted by Crippen LogP contribution is -2.22. The van der Waals surface area contributed by atoms with E-state index in [4.69, 9.17) is 18.9 Å². The van der Waals surface area contributed by atoms with Gasteiger partial charge in [-0.2, -0.15) is 10.5 Å². The lowest BCUT2D eigenvalue weighted by Gasteiger charge is -2.16. The number of nitrogens with zero attached hydrogens (tertiary/aromatic N) is 6. The van der Waals surface area contributed by atoms with Crippen LogP contribution in [0, 0.1) is 22.7 Å². The first-order valence-electron chi connectivity index (χ1n) is 16.6. The highest BCUT2D eigenvalue weighted by atomic mass is 28.3. The Labute approximate surface area is 302 Å². The SMILES string of the molecule is C[Si](C)(C)CCOCn1c(CO)nc2cc(C#N)c(OCC(F)F)cc21.C[Si](C)(C)CCOCn1c(CO)nc2cc(OCC(F)F)c(C#N)cc21. The van der Waals surface area contributed by atoms with E-state index in [-0.39, 0.29) is 49.3 Å². The average molecular weight is 767 g/mol. The fraction of sp³-hybridized carbons (Fsp3) is 0.529. The van der Waals surface area contributed by atoms with E-state index in [1.807, 2.05) is 12.1 Å². The molecule has 284 valence electrons. The topological polar surface area (TPSA) is 161 Å². The van der Waals surface area contributed by atoms with Crippen LogP contribution in [0.25, 0.3) is 22.1 Å². The van der Waals surface area contributed by atoms with Crippen molar-refractivity contribution in [2.24, 2.45) is 0 Å². The molecule has 2 aromatic carbocycles. The number of hydrogen-bond donors (Lipinski definition) is 2. The number of rotatable bonds is 18. The fourth-order valence-corrected chi connectivity index (χ4v) is 6.23. The zero-order valence-corrected chi connectivity index (χ0v) is 32.3. The van der Waals surface area contributed by atoms with Gasteiger partial charge in [-0.05, 0) is 24.2 Å². The van der Waals surface area contributed by atoms with Gasteiger partial charge in [0.1, 0.15) is 75.2 Å². The number of fused-ring (bicyclic) bond motifs is 2. The summed E-state index contributed by atoms with van der Waals surface area (Å²) in [6, 6.07) is 11.8. The van der Waals surface area contributed by atoms with E-state index in [1.165, 1.54) is 24.3 Å². The molecule has 0 aliphatic heterocycles. The molecule has 18 heteroatoms. The summed E-state index contributed by atoms with van der Waals surface area (Å²) in [4.78, 5) is 8.58. The van der Waals surface area contributed by atoms with Gasteiger partial charge in [0.15, 0.2) is 0 Å². The predicted octanol–water partition coefficient (Wildman–Crippen LogP) is 6.71. The second kappa shape index (κ2) is 19.2. The largest absolute Gasteiger partial charge is 0.486 e. The number of halogens is 4. The van der Waals surface area contributed by atoms with Gasteiger partial charge in [0.2, 0.25) is 0 Å². The molecule has 12 nitrogen and oxygen atoms in total. The van der Waals surface area contributed by atoms with Crippen LogP contribution in [0.2, 0.25) is 51.4 Å². The summed E-state index contributed by atoms with van der Waals surface area (Å²) >= 11 is 0. The number of benzene rings is 2. The van der Waals surface area contributed by atoms with Gasteiger partial charge in [-0.1, -0.05) is 39.3 Å². The smallest absolute Gasteiger partial charge is 0.272 e. The van der Waals surface area contributed by atoms with Crippen molar-refractivity contribution in [1.29, 1.82) is 10.5 Å². The normalized spacial score (nSPS) is 11.9. The highest BCUT2D eigenvalue weighted by Crippen LogP contribution is 2.29. The molecule has 0 saturated heterocycles. The van der Waals surface area contributed by atoms with Crippen LogP contribution in [0.1, 0.15) is 22.8 Å². The quantitative estimate of drug-likeness (QED) is 0.0633. The lowest BCUT2D eigenvalue weighted by atomic mass is 10.2. The van der Waals surface area contributed by atoms with Crippen molar-refractivity contribution in [2.45, 2.75) is 90.9 Å². The molecular weight excluding hydrogens is 721 g/mol. The number of imidazole rings is 2. The van der Waals surface area contributed by atoms with Crippen molar-refractivity contribution in [1.82, 2.24) is 19.1 Å². The van der Waals surface area contributed by atoms with Crippen molar-refractivity contribution < 1.29 is 46.7 Å². The van der Waals surface area contributed by atoms with Gasteiger partial charge in [0, 0.05) is 41.5 Å². The van der Waals surface area contributed by atoms with Crippen LogP contribution in [0.5, 0.6) is 11.5 Å². The molecule has 2 N–H and O–H groups in total. The van der Waals surface area contributed by atoms with E-state index in [0.29, 0.717) is 46.9 Å². The van der Waals surface area contributed by atoms with E-state index in [2.05, 4.69) is 49.3 Å². The highest BCUT2D eigenvalue weighted by molar-refractivity contribution is 6.76. The zero-order valence-electron chi connectivity index (χ0n) is 30.3. The summed E-state index contributed by atoms with van der Waals surface area (Å²) in [5, 5.41) is 37.6. The summed E-state index contributed by atoms with van der Waals surface area (Å²) in [6.07, 6.45) is -5.28. The maximum Gasteiger partial charge on any atom is 0.272 e. The van der Waals surface area contributed by atoms with E-state index in [9.17, 15) is 38.3 Å². The summed E-state index contributed by atoms with van der Waals surface area (Å²) in [6.45, 7) is 12.9. The standard InChI is InChI=1S/2C17H23F2N3O3Si/c1-26(2,3)5-4-24-11-22-14-6-12(8-20)15(25-10-16(18)19)7-13(14)21-17(22)9-23;1-26(2,3)5-4-24-11-22-14-7-15(25-10-16(18)19)12(8-20)6-13(14)21-17(22)9-23/h2*6-7,16,23H,4-5,9-11H2,1-3H3. The van der Waals surface area contributed by atoms with Gasteiger partial charge < -0.3 is 38.3 Å². The first-order valence-corrected chi connectivity index (χ1v) is 24.0. The van der Waals surface area contributed by atoms with Crippen LogP contribution in [0.3, 0.4) is 0 Å². The molecule has 0 radical (unpaired) electrons. The monoisotopic (exact) mass is 766 g/mol. The molecule has 2 heterocycles. The molecule has 0 aliphatic rings. The van der Waals surface area contributed by atoms with E-state index in [1.54, 1.807) is 9.13 Å². The van der Waals surface area contributed by atoms with Crippen LogP contribution in [0.4, 0.5) is 17.6 Å². The van der Waals surface area contributed by atoms with Gasteiger partial charge in [-0.25, -0.2) is 27.5 Å². The first-order chi connectivity index (χ1) is 24.5. The van der Waals surface area contributed by atoms with Gasteiger partial charge in [-0.15, -0.1) is 0 Å². The molecule has 2 aromatic heterocycles. The molecule has 52 heavy (non-hydrogen) atoms.